The van der Waals surface area contributed by atoms with Crippen molar-refractivity contribution in [1.29, 1.82) is 0 Å². The van der Waals surface area contributed by atoms with Crippen LogP contribution in [0.25, 0.3) is 0 Å². The minimum atomic E-state index is -0.631. The van der Waals surface area contributed by atoms with Crippen LogP contribution in [0.1, 0.15) is 25.1 Å². The highest BCUT2D eigenvalue weighted by Gasteiger charge is 2.18. The second kappa shape index (κ2) is 7.50. The van der Waals surface area contributed by atoms with Crippen molar-refractivity contribution < 1.29 is 5.11 Å². The first kappa shape index (κ1) is 15.9. The third-order valence-corrected chi connectivity index (χ3v) is 5.21. The van der Waals surface area contributed by atoms with Crippen LogP contribution in [0.15, 0.2) is 39.8 Å². The van der Waals surface area contributed by atoms with E-state index in [2.05, 4.69) is 28.0 Å². The lowest BCUT2D eigenvalue weighted by atomic mass is 10.3. The van der Waals surface area contributed by atoms with Crippen molar-refractivity contribution in [2.24, 2.45) is 0 Å². The summed E-state index contributed by atoms with van der Waals surface area (Å²) in [6.07, 6.45) is 1.92. The second-order valence-electron chi connectivity index (χ2n) is 4.36. The van der Waals surface area contributed by atoms with Gasteiger partial charge in [-0.05, 0) is 34.5 Å². The number of rotatable bonds is 6. The maximum Gasteiger partial charge on any atom is 0.106 e. The number of hydrogen-bond acceptors (Lipinski definition) is 3. The summed E-state index contributed by atoms with van der Waals surface area (Å²) in [7, 11) is 0. The zero-order valence-electron chi connectivity index (χ0n) is 11.1. The number of benzene rings is 1. The molecule has 0 fully saturated rings. The first-order valence-corrected chi connectivity index (χ1v) is 8.55. The number of aliphatic hydroxyl groups excluding tert-OH is 1. The third kappa shape index (κ3) is 3.79. The van der Waals surface area contributed by atoms with Gasteiger partial charge in [0.2, 0.25) is 0 Å². The van der Waals surface area contributed by atoms with Gasteiger partial charge in [-0.15, -0.1) is 11.8 Å². The fourth-order valence-corrected chi connectivity index (χ4v) is 3.67. The van der Waals surface area contributed by atoms with Crippen molar-refractivity contribution in [3.63, 3.8) is 0 Å². The molecule has 1 aromatic heterocycles. The lowest BCUT2D eigenvalue weighted by Crippen LogP contribution is -2.11. The van der Waals surface area contributed by atoms with E-state index in [-0.39, 0.29) is 0 Å². The Morgan fingerprint density at radius 1 is 1.45 bits per heavy atom. The van der Waals surface area contributed by atoms with Gasteiger partial charge in [0.1, 0.15) is 6.10 Å². The Balaban J connectivity index is 2.07. The van der Waals surface area contributed by atoms with Crippen LogP contribution in [0.5, 0.6) is 0 Å². The number of nitrogens with zero attached hydrogens (tertiary/aromatic N) is 2. The Labute approximate surface area is 136 Å². The monoisotopic (exact) mass is 374 g/mol. The van der Waals surface area contributed by atoms with Crippen LogP contribution in [-0.4, -0.2) is 20.6 Å². The predicted octanol–water partition coefficient (Wildman–Crippen LogP) is 4.53. The van der Waals surface area contributed by atoms with Gasteiger partial charge in [-0.2, -0.15) is 5.10 Å². The molecule has 0 saturated heterocycles. The van der Waals surface area contributed by atoms with Crippen LogP contribution in [0.2, 0.25) is 5.02 Å². The molecular weight excluding hydrogens is 360 g/mol. The van der Waals surface area contributed by atoms with Gasteiger partial charge in [0, 0.05) is 21.7 Å². The largest absolute Gasteiger partial charge is 0.386 e. The van der Waals surface area contributed by atoms with E-state index in [1.165, 1.54) is 0 Å². The maximum absolute atomic E-state index is 10.4. The smallest absolute Gasteiger partial charge is 0.106 e. The zero-order valence-corrected chi connectivity index (χ0v) is 14.2. The molecule has 20 heavy (non-hydrogen) atoms. The molecule has 2 aromatic rings. The fraction of sp³-hybridized carbons (Fsp3) is 0.357. The van der Waals surface area contributed by atoms with Gasteiger partial charge in [0.15, 0.2) is 0 Å². The molecule has 1 heterocycles. The molecule has 1 aromatic carbocycles. The average molecular weight is 376 g/mol. The number of aryl methyl sites for hydroxylation is 1. The molecule has 0 saturated carbocycles. The molecule has 0 spiro atoms. The van der Waals surface area contributed by atoms with E-state index >= 15 is 0 Å². The minimum absolute atomic E-state index is 0.527. The highest BCUT2D eigenvalue weighted by Crippen LogP contribution is 2.32. The highest BCUT2D eigenvalue weighted by atomic mass is 79.9. The van der Waals surface area contributed by atoms with Crippen LogP contribution in [0, 0.1) is 0 Å². The fourth-order valence-electron chi connectivity index (χ4n) is 1.90. The van der Waals surface area contributed by atoms with Crippen LogP contribution in [0.3, 0.4) is 0 Å². The first-order valence-electron chi connectivity index (χ1n) is 6.40. The van der Waals surface area contributed by atoms with E-state index in [1.54, 1.807) is 22.6 Å². The number of aromatic nitrogens is 2. The second-order valence-corrected chi connectivity index (χ2v) is 6.68. The molecule has 0 radical (unpaired) electrons. The molecule has 3 nitrogen and oxygen atoms in total. The normalized spacial score (nSPS) is 12.6. The summed E-state index contributed by atoms with van der Waals surface area (Å²) in [5.41, 5.74) is 0.702. The molecule has 1 atom stereocenters. The van der Waals surface area contributed by atoms with Crippen molar-refractivity contribution in [3.05, 3.63) is 45.7 Å². The summed E-state index contributed by atoms with van der Waals surface area (Å²) < 4.78 is 2.82. The van der Waals surface area contributed by atoms with Crippen molar-refractivity contribution in [2.45, 2.75) is 30.9 Å². The highest BCUT2D eigenvalue weighted by molar-refractivity contribution is 9.10. The average Bonchev–Trinajstić information content (AvgIpc) is 2.79. The van der Waals surface area contributed by atoms with Gasteiger partial charge in [-0.1, -0.05) is 30.7 Å². The van der Waals surface area contributed by atoms with Crippen LogP contribution < -0.4 is 0 Å². The van der Waals surface area contributed by atoms with Crippen molar-refractivity contribution in [3.8, 4) is 0 Å². The van der Waals surface area contributed by atoms with E-state index in [1.807, 2.05) is 24.3 Å². The summed E-state index contributed by atoms with van der Waals surface area (Å²) in [5.74, 6) is 0.539. The van der Waals surface area contributed by atoms with Crippen molar-refractivity contribution in [2.75, 3.05) is 5.75 Å². The number of hydrogen-bond donors (Lipinski definition) is 1. The molecule has 0 aliphatic carbocycles. The summed E-state index contributed by atoms with van der Waals surface area (Å²) in [5, 5.41) is 15.1. The Bertz CT molecular complexity index is 576. The van der Waals surface area contributed by atoms with E-state index in [0.29, 0.717) is 16.5 Å². The summed E-state index contributed by atoms with van der Waals surface area (Å²) in [4.78, 5) is 1.10. The van der Waals surface area contributed by atoms with Gasteiger partial charge < -0.3 is 5.11 Å². The Morgan fingerprint density at radius 3 is 2.90 bits per heavy atom. The van der Waals surface area contributed by atoms with E-state index < -0.39 is 6.10 Å². The van der Waals surface area contributed by atoms with Crippen LogP contribution in [0.4, 0.5) is 0 Å². The van der Waals surface area contributed by atoms with Gasteiger partial charge in [0.25, 0.3) is 0 Å². The molecular formula is C14H16BrClN2OS. The van der Waals surface area contributed by atoms with Gasteiger partial charge in [-0.3, -0.25) is 4.68 Å². The predicted molar refractivity (Wildman–Crippen MR) is 87.4 cm³/mol. The Morgan fingerprint density at radius 2 is 2.20 bits per heavy atom. The van der Waals surface area contributed by atoms with Crippen LogP contribution >= 0.6 is 39.3 Å². The molecule has 0 aliphatic rings. The topological polar surface area (TPSA) is 38.0 Å². The van der Waals surface area contributed by atoms with Gasteiger partial charge in [-0.25, -0.2) is 0 Å². The van der Waals surface area contributed by atoms with Gasteiger partial charge >= 0.3 is 0 Å². The summed E-state index contributed by atoms with van der Waals surface area (Å²) >= 11 is 11.2. The zero-order chi connectivity index (χ0) is 14.5. The maximum atomic E-state index is 10.4. The van der Waals surface area contributed by atoms with Crippen LogP contribution in [-0.2, 0) is 6.54 Å². The molecule has 1 unspecified atom stereocenters. The molecule has 2 rings (SSSR count). The Hall–Kier alpha value is -0.490. The van der Waals surface area contributed by atoms with E-state index in [9.17, 15) is 5.11 Å². The first-order chi connectivity index (χ1) is 9.63. The number of aliphatic hydroxyl groups is 1. The Kier molecular flexibility index (Phi) is 5.96. The molecule has 0 amide bonds. The van der Waals surface area contributed by atoms with E-state index in [0.717, 1.165) is 22.3 Å². The standard InChI is InChI=1S/C14H16BrClN2OS/c1-2-7-18-14(11(16)8-17-18)12(19)9-20-13-6-4-3-5-10(13)15/h3-6,8,12,19H,2,7,9H2,1H3. The molecule has 0 bridgehead atoms. The molecule has 108 valence electrons. The van der Waals surface area contributed by atoms with Crippen molar-refractivity contribution >= 4 is 39.3 Å². The lowest BCUT2D eigenvalue weighted by molar-refractivity contribution is 0.191. The lowest BCUT2D eigenvalue weighted by Gasteiger charge is -2.14. The number of halogens is 2. The summed E-state index contributed by atoms with van der Waals surface area (Å²) in [6.45, 7) is 2.83. The SMILES string of the molecule is CCCn1ncc(Cl)c1C(O)CSc1ccccc1Br. The third-order valence-electron chi connectivity index (χ3n) is 2.82. The minimum Gasteiger partial charge on any atom is -0.386 e. The van der Waals surface area contributed by atoms with E-state index in [4.69, 9.17) is 11.6 Å². The van der Waals surface area contributed by atoms with Crippen molar-refractivity contribution in [1.82, 2.24) is 9.78 Å². The van der Waals surface area contributed by atoms with Gasteiger partial charge in [0.05, 0.1) is 16.9 Å². The number of thioether (sulfide) groups is 1. The summed E-state index contributed by atoms with van der Waals surface area (Å²) in [6, 6.07) is 7.96. The molecule has 0 aliphatic heterocycles. The quantitative estimate of drug-likeness (QED) is 0.754. The molecule has 1 N–H and O–H groups in total. The molecule has 6 heteroatoms.